The van der Waals surface area contributed by atoms with Gasteiger partial charge in [-0.25, -0.2) is 0 Å². The van der Waals surface area contributed by atoms with E-state index in [1.807, 2.05) is 0 Å². The number of piperidine rings is 1. The first kappa shape index (κ1) is 6.81. The minimum atomic E-state index is 0.823. The molecule has 48 valence electrons. The summed E-state index contributed by atoms with van der Waals surface area (Å²) in [5, 5.41) is 3.46. The molecule has 8 heavy (non-hydrogen) atoms. The smallest absolute Gasteiger partial charge is 0.0157 e. The fraction of sp³-hybridized carbons (Fsp3) is 1.00. The largest absolute Gasteiger partial charge is 0.313 e. The molecule has 0 unspecified atom stereocenters. The second-order valence-corrected chi connectivity index (χ2v) is 3.18. The van der Waals surface area contributed by atoms with Crippen molar-refractivity contribution >= 4 is 22.6 Å². The van der Waals surface area contributed by atoms with Crippen LogP contribution in [-0.2, 0) is 0 Å². The van der Waals surface area contributed by atoms with E-state index in [0.29, 0.717) is 0 Å². The van der Waals surface area contributed by atoms with Crippen molar-refractivity contribution in [3.8, 4) is 0 Å². The molecule has 0 aromatic rings. The summed E-state index contributed by atoms with van der Waals surface area (Å²) in [6.45, 7) is 1.24. The summed E-state index contributed by atoms with van der Waals surface area (Å²) in [6.07, 6.45) is 4.21. The highest BCUT2D eigenvalue weighted by atomic mass is 127. The summed E-state index contributed by atoms with van der Waals surface area (Å²) < 4.78 is 1.28. The maximum Gasteiger partial charge on any atom is 0.0157 e. The van der Waals surface area contributed by atoms with Crippen LogP contribution in [0.5, 0.6) is 0 Å². The van der Waals surface area contributed by atoms with Crippen LogP contribution in [-0.4, -0.2) is 17.0 Å². The Kier molecular flexibility index (Phi) is 3.12. The Balaban J connectivity index is 2.13. The second kappa shape index (κ2) is 3.67. The van der Waals surface area contributed by atoms with E-state index < -0.39 is 0 Å². The van der Waals surface area contributed by atoms with Crippen LogP contribution in [0.1, 0.15) is 19.3 Å². The van der Waals surface area contributed by atoms with Gasteiger partial charge in [-0.15, -0.1) is 0 Å². The molecule has 0 aromatic heterocycles. The molecular formula is C6H12IN. The molecule has 0 bridgehead atoms. The molecule has 0 aromatic carbocycles. The highest BCUT2D eigenvalue weighted by Gasteiger charge is 2.08. The van der Waals surface area contributed by atoms with E-state index in [-0.39, 0.29) is 0 Å². The molecule has 0 amide bonds. The van der Waals surface area contributed by atoms with Crippen LogP contribution in [0.2, 0.25) is 0 Å². The maximum atomic E-state index is 3.46. The predicted molar refractivity (Wildman–Crippen MR) is 44.5 cm³/mol. The van der Waals surface area contributed by atoms with E-state index >= 15 is 0 Å². The first-order chi connectivity index (χ1) is 3.93. The summed E-state index contributed by atoms with van der Waals surface area (Å²) in [7, 11) is 0. The van der Waals surface area contributed by atoms with Crippen LogP contribution < -0.4 is 5.32 Å². The standard InChI is InChI=1S/C6H12IN/c7-5-6-3-1-2-4-8-6/h6,8H,1-5H2/t6-/m1/s1. The van der Waals surface area contributed by atoms with E-state index in [1.54, 1.807) is 0 Å². The van der Waals surface area contributed by atoms with Crippen molar-refractivity contribution in [3.05, 3.63) is 0 Å². The normalized spacial score (nSPS) is 30.4. The third-order valence-electron chi connectivity index (χ3n) is 1.60. The number of hydrogen-bond donors (Lipinski definition) is 1. The zero-order valence-electron chi connectivity index (χ0n) is 4.99. The Hall–Kier alpha value is 0.690. The first-order valence-electron chi connectivity index (χ1n) is 3.23. The third kappa shape index (κ3) is 1.90. The lowest BCUT2D eigenvalue weighted by molar-refractivity contribution is 0.433. The van der Waals surface area contributed by atoms with Crippen LogP contribution in [0.4, 0.5) is 0 Å². The average molecular weight is 225 g/mol. The Bertz CT molecular complexity index is 59.5. The number of rotatable bonds is 1. The quantitative estimate of drug-likeness (QED) is 0.527. The van der Waals surface area contributed by atoms with Gasteiger partial charge in [0.1, 0.15) is 0 Å². The predicted octanol–water partition coefficient (Wildman–Crippen LogP) is 1.56. The van der Waals surface area contributed by atoms with Gasteiger partial charge in [0.15, 0.2) is 0 Å². The SMILES string of the molecule is IC[C@H]1CCCCN1. The molecule has 1 aliphatic heterocycles. The van der Waals surface area contributed by atoms with Crippen LogP contribution in [0.3, 0.4) is 0 Å². The molecule has 1 atom stereocenters. The summed E-state index contributed by atoms with van der Waals surface area (Å²) in [6, 6.07) is 0.823. The summed E-state index contributed by atoms with van der Waals surface area (Å²) in [5.41, 5.74) is 0. The van der Waals surface area contributed by atoms with E-state index in [9.17, 15) is 0 Å². The van der Waals surface area contributed by atoms with Crippen LogP contribution in [0.25, 0.3) is 0 Å². The van der Waals surface area contributed by atoms with Gasteiger partial charge in [0.05, 0.1) is 0 Å². The summed E-state index contributed by atoms with van der Waals surface area (Å²) in [4.78, 5) is 0. The first-order valence-corrected chi connectivity index (χ1v) is 4.75. The van der Waals surface area contributed by atoms with Crippen molar-refractivity contribution in [2.45, 2.75) is 25.3 Å². The third-order valence-corrected chi connectivity index (χ3v) is 2.66. The summed E-state index contributed by atoms with van der Waals surface area (Å²) >= 11 is 2.44. The van der Waals surface area contributed by atoms with E-state index in [4.69, 9.17) is 0 Å². The molecule has 1 rings (SSSR count). The van der Waals surface area contributed by atoms with E-state index in [1.165, 1.54) is 30.2 Å². The lowest BCUT2D eigenvalue weighted by atomic mass is 10.1. The van der Waals surface area contributed by atoms with Gasteiger partial charge in [-0.3, -0.25) is 0 Å². The van der Waals surface area contributed by atoms with Gasteiger partial charge in [0.2, 0.25) is 0 Å². The Labute approximate surface area is 64.4 Å². The van der Waals surface area contributed by atoms with Crippen LogP contribution in [0, 0.1) is 0 Å². The molecule has 0 radical (unpaired) electrons. The zero-order chi connectivity index (χ0) is 5.82. The molecule has 0 saturated carbocycles. The number of nitrogens with one attached hydrogen (secondary N) is 1. The van der Waals surface area contributed by atoms with Crippen molar-refractivity contribution in [1.29, 1.82) is 0 Å². The van der Waals surface area contributed by atoms with Gasteiger partial charge in [0.25, 0.3) is 0 Å². The van der Waals surface area contributed by atoms with Gasteiger partial charge in [0, 0.05) is 10.5 Å². The zero-order valence-corrected chi connectivity index (χ0v) is 7.15. The molecule has 1 fully saturated rings. The summed E-state index contributed by atoms with van der Waals surface area (Å²) in [5.74, 6) is 0. The molecule has 0 spiro atoms. The average Bonchev–Trinajstić information content (AvgIpc) is 1.90. The van der Waals surface area contributed by atoms with Gasteiger partial charge in [-0.1, -0.05) is 29.0 Å². The molecule has 1 saturated heterocycles. The van der Waals surface area contributed by atoms with Crippen LogP contribution >= 0.6 is 22.6 Å². The number of halogens is 1. The molecule has 0 aliphatic carbocycles. The van der Waals surface area contributed by atoms with Gasteiger partial charge in [-0.2, -0.15) is 0 Å². The maximum absolute atomic E-state index is 3.46. The molecule has 1 heterocycles. The fourth-order valence-electron chi connectivity index (χ4n) is 1.06. The highest BCUT2D eigenvalue weighted by molar-refractivity contribution is 14.1. The second-order valence-electron chi connectivity index (χ2n) is 2.30. The molecule has 1 nitrogen and oxygen atoms in total. The van der Waals surface area contributed by atoms with Gasteiger partial charge >= 0.3 is 0 Å². The van der Waals surface area contributed by atoms with Crippen molar-refractivity contribution in [2.75, 3.05) is 11.0 Å². The fourth-order valence-corrected chi connectivity index (χ4v) is 1.81. The van der Waals surface area contributed by atoms with Crippen molar-refractivity contribution in [2.24, 2.45) is 0 Å². The number of alkyl halides is 1. The minimum absolute atomic E-state index is 0.823. The van der Waals surface area contributed by atoms with Crippen molar-refractivity contribution in [1.82, 2.24) is 5.32 Å². The van der Waals surface area contributed by atoms with Gasteiger partial charge < -0.3 is 5.32 Å². The van der Waals surface area contributed by atoms with Crippen LogP contribution in [0.15, 0.2) is 0 Å². The monoisotopic (exact) mass is 225 g/mol. The van der Waals surface area contributed by atoms with Crippen molar-refractivity contribution in [3.63, 3.8) is 0 Å². The van der Waals surface area contributed by atoms with E-state index in [0.717, 1.165) is 6.04 Å². The Morgan fingerprint density at radius 3 is 2.75 bits per heavy atom. The molecule has 2 heteroatoms. The van der Waals surface area contributed by atoms with Crippen molar-refractivity contribution < 1.29 is 0 Å². The minimum Gasteiger partial charge on any atom is -0.313 e. The topological polar surface area (TPSA) is 12.0 Å². The number of hydrogen-bond acceptors (Lipinski definition) is 1. The highest BCUT2D eigenvalue weighted by Crippen LogP contribution is 2.08. The van der Waals surface area contributed by atoms with Gasteiger partial charge in [-0.05, 0) is 19.4 Å². The van der Waals surface area contributed by atoms with E-state index in [2.05, 4.69) is 27.9 Å². The molecule has 1 aliphatic rings. The Morgan fingerprint density at radius 2 is 2.38 bits per heavy atom. The Morgan fingerprint density at radius 1 is 1.50 bits per heavy atom. The molecular weight excluding hydrogens is 213 g/mol. The lowest BCUT2D eigenvalue weighted by Gasteiger charge is -2.20. The molecule has 1 N–H and O–H groups in total. The lowest BCUT2D eigenvalue weighted by Crippen LogP contribution is -2.34.